The van der Waals surface area contributed by atoms with Crippen molar-refractivity contribution in [3.8, 4) is 5.75 Å². The molecule has 0 spiro atoms. The molecule has 0 saturated heterocycles. The minimum atomic E-state index is -0.122. The SMILES string of the molecule is NCc1cn(CC(=O)NCC2Cc3ccccc3O2)nn1. The number of nitrogens with two attached hydrogens (primary N) is 1. The fourth-order valence-corrected chi connectivity index (χ4v) is 2.31. The Balaban J connectivity index is 1.47. The number of ether oxygens (including phenoxy) is 1. The maximum atomic E-state index is 11.9. The summed E-state index contributed by atoms with van der Waals surface area (Å²) in [6.45, 7) is 0.925. The first-order valence-corrected chi connectivity index (χ1v) is 6.85. The van der Waals surface area contributed by atoms with Crippen molar-refractivity contribution < 1.29 is 9.53 Å². The molecular formula is C14H17N5O2. The van der Waals surface area contributed by atoms with Crippen LogP contribution in [0.2, 0.25) is 0 Å². The van der Waals surface area contributed by atoms with Crippen molar-refractivity contribution in [2.24, 2.45) is 5.73 Å². The molecule has 3 rings (SSSR count). The van der Waals surface area contributed by atoms with Gasteiger partial charge in [0.05, 0.1) is 18.4 Å². The topological polar surface area (TPSA) is 95.1 Å². The van der Waals surface area contributed by atoms with Crippen LogP contribution in [-0.4, -0.2) is 33.5 Å². The van der Waals surface area contributed by atoms with Gasteiger partial charge in [-0.2, -0.15) is 0 Å². The molecule has 3 N–H and O–H groups in total. The van der Waals surface area contributed by atoms with Crippen LogP contribution in [0.25, 0.3) is 0 Å². The van der Waals surface area contributed by atoms with Gasteiger partial charge in [0.25, 0.3) is 0 Å². The van der Waals surface area contributed by atoms with E-state index in [4.69, 9.17) is 10.5 Å². The third-order valence-corrected chi connectivity index (χ3v) is 3.34. The smallest absolute Gasteiger partial charge is 0.241 e. The molecule has 7 heteroatoms. The van der Waals surface area contributed by atoms with Crippen LogP contribution in [0, 0.1) is 0 Å². The summed E-state index contributed by atoms with van der Waals surface area (Å²) >= 11 is 0. The first-order chi connectivity index (χ1) is 10.2. The number of carbonyl (C=O) groups is 1. The molecule has 0 saturated carbocycles. The predicted molar refractivity (Wildman–Crippen MR) is 75.5 cm³/mol. The number of hydrogen-bond donors (Lipinski definition) is 2. The van der Waals surface area contributed by atoms with Gasteiger partial charge in [0.1, 0.15) is 18.4 Å². The lowest BCUT2D eigenvalue weighted by atomic mass is 10.1. The Kier molecular flexibility index (Phi) is 3.83. The van der Waals surface area contributed by atoms with E-state index in [1.807, 2.05) is 24.3 Å². The van der Waals surface area contributed by atoms with E-state index in [2.05, 4.69) is 15.6 Å². The van der Waals surface area contributed by atoms with E-state index in [9.17, 15) is 4.79 Å². The lowest BCUT2D eigenvalue weighted by molar-refractivity contribution is -0.122. The summed E-state index contributed by atoms with van der Waals surface area (Å²) in [6, 6.07) is 7.92. The van der Waals surface area contributed by atoms with Gasteiger partial charge in [0.2, 0.25) is 5.91 Å². The fraction of sp³-hybridized carbons (Fsp3) is 0.357. The molecular weight excluding hydrogens is 270 g/mol. The maximum absolute atomic E-state index is 11.9. The maximum Gasteiger partial charge on any atom is 0.241 e. The van der Waals surface area contributed by atoms with E-state index >= 15 is 0 Å². The van der Waals surface area contributed by atoms with Gasteiger partial charge in [0.15, 0.2) is 0 Å². The number of amides is 1. The molecule has 0 bridgehead atoms. The van der Waals surface area contributed by atoms with Gasteiger partial charge >= 0.3 is 0 Å². The number of fused-ring (bicyclic) bond motifs is 1. The quantitative estimate of drug-likeness (QED) is 0.798. The molecule has 1 aliphatic heterocycles. The zero-order chi connectivity index (χ0) is 14.7. The molecule has 0 aliphatic carbocycles. The van der Waals surface area contributed by atoms with Crippen LogP contribution in [0.3, 0.4) is 0 Å². The van der Waals surface area contributed by atoms with Crippen molar-refractivity contribution in [1.29, 1.82) is 0 Å². The lowest BCUT2D eigenvalue weighted by Gasteiger charge is -2.11. The van der Waals surface area contributed by atoms with Crippen molar-refractivity contribution in [3.63, 3.8) is 0 Å². The Hall–Kier alpha value is -2.41. The molecule has 0 fully saturated rings. The van der Waals surface area contributed by atoms with Crippen LogP contribution < -0.4 is 15.8 Å². The van der Waals surface area contributed by atoms with E-state index in [0.29, 0.717) is 18.8 Å². The highest BCUT2D eigenvalue weighted by atomic mass is 16.5. The summed E-state index contributed by atoms with van der Waals surface area (Å²) in [5.41, 5.74) is 7.29. The van der Waals surface area contributed by atoms with Crippen molar-refractivity contribution in [2.45, 2.75) is 25.6 Å². The highest BCUT2D eigenvalue weighted by molar-refractivity contribution is 5.75. The number of nitrogens with zero attached hydrogens (tertiary/aromatic N) is 3. The summed E-state index contributed by atoms with van der Waals surface area (Å²) in [5.74, 6) is 0.781. The van der Waals surface area contributed by atoms with Gasteiger partial charge in [-0.05, 0) is 11.6 Å². The number of carbonyl (C=O) groups excluding carboxylic acids is 1. The molecule has 1 aromatic heterocycles. The van der Waals surface area contributed by atoms with Gasteiger partial charge in [-0.1, -0.05) is 23.4 Å². The minimum absolute atomic E-state index is 0.0123. The van der Waals surface area contributed by atoms with Gasteiger partial charge in [-0.15, -0.1) is 5.10 Å². The zero-order valence-corrected chi connectivity index (χ0v) is 11.5. The van der Waals surface area contributed by atoms with Gasteiger partial charge < -0.3 is 15.8 Å². The van der Waals surface area contributed by atoms with E-state index in [0.717, 1.165) is 12.2 Å². The Morgan fingerprint density at radius 3 is 3.10 bits per heavy atom. The molecule has 2 aromatic rings. The Morgan fingerprint density at radius 2 is 2.33 bits per heavy atom. The van der Waals surface area contributed by atoms with Gasteiger partial charge in [-0.25, -0.2) is 4.68 Å². The normalized spacial score (nSPS) is 16.3. The first-order valence-electron chi connectivity index (χ1n) is 6.85. The molecule has 1 unspecified atom stereocenters. The number of hydrogen-bond acceptors (Lipinski definition) is 5. The largest absolute Gasteiger partial charge is 0.488 e. The summed E-state index contributed by atoms with van der Waals surface area (Å²) in [4.78, 5) is 11.9. The fourth-order valence-electron chi connectivity index (χ4n) is 2.31. The Bertz CT molecular complexity index is 615. The van der Waals surface area contributed by atoms with Gasteiger partial charge in [-0.3, -0.25) is 4.79 Å². The highest BCUT2D eigenvalue weighted by Crippen LogP contribution is 2.27. The third kappa shape index (κ3) is 3.19. The molecule has 110 valence electrons. The monoisotopic (exact) mass is 287 g/mol. The van der Waals surface area contributed by atoms with Crippen LogP contribution >= 0.6 is 0 Å². The molecule has 0 radical (unpaired) electrons. The second-order valence-electron chi connectivity index (χ2n) is 4.97. The Morgan fingerprint density at radius 1 is 1.48 bits per heavy atom. The number of para-hydroxylation sites is 1. The molecule has 1 aliphatic rings. The average Bonchev–Trinajstić information content (AvgIpc) is 3.10. The molecule has 1 amide bonds. The summed E-state index contributed by atoms with van der Waals surface area (Å²) in [6.07, 6.45) is 2.47. The van der Waals surface area contributed by atoms with Gasteiger partial charge in [0, 0.05) is 13.0 Å². The lowest BCUT2D eigenvalue weighted by Crippen LogP contribution is -2.36. The third-order valence-electron chi connectivity index (χ3n) is 3.34. The zero-order valence-electron chi connectivity index (χ0n) is 11.5. The van der Waals surface area contributed by atoms with Crippen LogP contribution in [0.1, 0.15) is 11.3 Å². The van der Waals surface area contributed by atoms with Crippen molar-refractivity contribution >= 4 is 5.91 Å². The summed E-state index contributed by atoms with van der Waals surface area (Å²) < 4.78 is 7.24. The molecule has 21 heavy (non-hydrogen) atoms. The second-order valence-corrected chi connectivity index (χ2v) is 4.97. The molecule has 2 heterocycles. The van der Waals surface area contributed by atoms with Crippen LogP contribution in [0.15, 0.2) is 30.5 Å². The first kappa shape index (κ1) is 13.6. The van der Waals surface area contributed by atoms with E-state index in [1.54, 1.807) is 6.20 Å². The molecule has 1 aromatic carbocycles. The summed E-state index contributed by atoms with van der Waals surface area (Å²) in [5, 5.41) is 10.5. The van der Waals surface area contributed by atoms with E-state index in [-0.39, 0.29) is 18.6 Å². The number of nitrogens with one attached hydrogen (secondary N) is 1. The molecule has 1 atom stereocenters. The van der Waals surface area contributed by atoms with E-state index in [1.165, 1.54) is 10.2 Å². The second kappa shape index (κ2) is 5.92. The van der Waals surface area contributed by atoms with Crippen LogP contribution in [0.4, 0.5) is 0 Å². The minimum Gasteiger partial charge on any atom is -0.488 e. The predicted octanol–water partition coefficient (Wildman–Crippen LogP) is -0.143. The summed E-state index contributed by atoms with van der Waals surface area (Å²) in [7, 11) is 0. The van der Waals surface area contributed by atoms with Crippen LogP contribution in [-0.2, 0) is 24.3 Å². The number of aromatic nitrogens is 3. The highest BCUT2D eigenvalue weighted by Gasteiger charge is 2.22. The number of benzene rings is 1. The van der Waals surface area contributed by atoms with Crippen molar-refractivity contribution in [1.82, 2.24) is 20.3 Å². The van der Waals surface area contributed by atoms with Crippen molar-refractivity contribution in [3.05, 3.63) is 41.7 Å². The average molecular weight is 287 g/mol. The molecule has 7 nitrogen and oxygen atoms in total. The Labute approximate surface area is 122 Å². The standard InChI is InChI=1S/C14H17N5O2/c15-6-11-8-19(18-17-11)9-14(20)16-7-12-5-10-3-1-2-4-13(10)21-12/h1-4,8,12H,5-7,9,15H2,(H,16,20). The van der Waals surface area contributed by atoms with Crippen LogP contribution in [0.5, 0.6) is 5.75 Å². The van der Waals surface area contributed by atoms with E-state index < -0.39 is 0 Å². The number of rotatable bonds is 5. The van der Waals surface area contributed by atoms with Crippen molar-refractivity contribution in [2.75, 3.05) is 6.54 Å².